The van der Waals surface area contributed by atoms with Crippen LogP contribution in [-0.2, 0) is 11.2 Å². The standard InChI is InChI=1S/C13H18O3/c1-10(3-8-13(14)15)9-11-4-6-12(16-2)7-5-11/h4-7,10H,3,8-9H2,1-2H3,(H,14,15). The van der Waals surface area contributed by atoms with Gasteiger partial charge in [0.05, 0.1) is 7.11 Å². The zero-order valence-corrected chi connectivity index (χ0v) is 9.77. The average molecular weight is 222 g/mol. The van der Waals surface area contributed by atoms with Gasteiger partial charge in [0.2, 0.25) is 0 Å². The van der Waals surface area contributed by atoms with Crippen molar-refractivity contribution < 1.29 is 14.6 Å². The average Bonchev–Trinajstić information content (AvgIpc) is 2.27. The lowest BCUT2D eigenvalue weighted by Crippen LogP contribution is -2.04. The molecule has 3 heteroatoms. The Morgan fingerprint density at radius 2 is 2.00 bits per heavy atom. The van der Waals surface area contributed by atoms with E-state index in [0.29, 0.717) is 5.92 Å². The van der Waals surface area contributed by atoms with E-state index in [0.717, 1.165) is 18.6 Å². The predicted octanol–water partition coefficient (Wildman–Crippen LogP) is 2.74. The quantitative estimate of drug-likeness (QED) is 0.805. The van der Waals surface area contributed by atoms with Crippen molar-refractivity contribution in [2.45, 2.75) is 26.2 Å². The fraction of sp³-hybridized carbons (Fsp3) is 0.462. The van der Waals surface area contributed by atoms with E-state index >= 15 is 0 Å². The Bertz CT molecular complexity index is 330. The molecule has 0 aliphatic carbocycles. The van der Waals surface area contributed by atoms with Gasteiger partial charge in [-0.25, -0.2) is 0 Å². The molecular formula is C13H18O3. The third kappa shape index (κ3) is 4.34. The molecule has 0 saturated heterocycles. The van der Waals surface area contributed by atoms with E-state index in [1.54, 1.807) is 7.11 Å². The minimum atomic E-state index is -0.721. The van der Waals surface area contributed by atoms with Crippen LogP contribution in [0, 0.1) is 5.92 Å². The second-order valence-electron chi connectivity index (χ2n) is 4.09. The van der Waals surface area contributed by atoms with E-state index in [2.05, 4.69) is 6.92 Å². The van der Waals surface area contributed by atoms with E-state index in [4.69, 9.17) is 9.84 Å². The fourth-order valence-corrected chi connectivity index (χ4v) is 1.64. The highest BCUT2D eigenvalue weighted by Gasteiger charge is 2.06. The Morgan fingerprint density at radius 1 is 1.38 bits per heavy atom. The molecule has 0 spiro atoms. The van der Waals surface area contributed by atoms with Gasteiger partial charge in [-0.2, -0.15) is 0 Å². The number of hydrogen-bond donors (Lipinski definition) is 1. The minimum absolute atomic E-state index is 0.247. The van der Waals surface area contributed by atoms with Crippen LogP contribution in [0.3, 0.4) is 0 Å². The van der Waals surface area contributed by atoms with Gasteiger partial charge in [-0.15, -0.1) is 0 Å². The molecule has 1 N–H and O–H groups in total. The molecule has 0 aromatic heterocycles. The van der Waals surface area contributed by atoms with Crippen molar-refractivity contribution in [2.24, 2.45) is 5.92 Å². The zero-order chi connectivity index (χ0) is 12.0. The second-order valence-corrected chi connectivity index (χ2v) is 4.09. The molecule has 1 aromatic carbocycles. The van der Waals surface area contributed by atoms with Crippen molar-refractivity contribution in [3.8, 4) is 5.75 Å². The molecule has 0 fully saturated rings. The number of carboxylic acids is 1. The van der Waals surface area contributed by atoms with E-state index in [9.17, 15) is 4.79 Å². The Balaban J connectivity index is 2.43. The van der Waals surface area contributed by atoms with Gasteiger partial charge < -0.3 is 9.84 Å². The van der Waals surface area contributed by atoms with Gasteiger partial charge in [-0.1, -0.05) is 19.1 Å². The molecule has 1 atom stereocenters. The summed E-state index contributed by atoms with van der Waals surface area (Å²) in [7, 11) is 1.64. The highest BCUT2D eigenvalue weighted by Crippen LogP contribution is 2.17. The zero-order valence-electron chi connectivity index (χ0n) is 9.77. The van der Waals surface area contributed by atoms with Gasteiger partial charge in [-0.05, 0) is 36.5 Å². The highest BCUT2D eigenvalue weighted by molar-refractivity contribution is 5.66. The summed E-state index contributed by atoms with van der Waals surface area (Å²) in [5, 5.41) is 8.58. The molecule has 0 radical (unpaired) electrons. The van der Waals surface area contributed by atoms with Gasteiger partial charge >= 0.3 is 5.97 Å². The van der Waals surface area contributed by atoms with Crippen LogP contribution in [0.2, 0.25) is 0 Å². The summed E-state index contributed by atoms with van der Waals surface area (Å²) < 4.78 is 5.08. The maximum Gasteiger partial charge on any atom is 0.303 e. The smallest absolute Gasteiger partial charge is 0.303 e. The maximum atomic E-state index is 10.4. The van der Waals surface area contributed by atoms with Gasteiger partial charge in [0.15, 0.2) is 0 Å². The molecule has 0 aliphatic rings. The third-order valence-corrected chi connectivity index (χ3v) is 2.59. The molecule has 16 heavy (non-hydrogen) atoms. The van der Waals surface area contributed by atoms with Crippen molar-refractivity contribution in [2.75, 3.05) is 7.11 Å². The van der Waals surface area contributed by atoms with Crippen LogP contribution in [0.4, 0.5) is 0 Å². The van der Waals surface area contributed by atoms with Gasteiger partial charge in [0.25, 0.3) is 0 Å². The first-order valence-electron chi connectivity index (χ1n) is 5.46. The summed E-state index contributed by atoms with van der Waals surface area (Å²) in [6.07, 6.45) is 1.88. The number of rotatable bonds is 6. The minimum Gasteiger partial charge on any atom is -0.497 e. The summed E-state index contributed by atoms with van der Waals surface area (Å²) >= 11 is 0. The normalized spacial score (nSPS) is 12.1. The molecule has 0 bridgehead atoms. The van der Waals surface area contributed by atoms with Crippen molar-refractivity contribution in [1.82, 2.24) is 0 Å². The molecular weight excluding hydrogens is 204 g/mol. The number of carbonyl (C=O) groups is 1. The molecule has 88 valence electrons. The molecule has 0 aliphatic heterocycles. The van der Waals surface area contributed by atoms with Gasteiger partial charge in [0, 0.05) is 6.42 Å². The summed E-state index contributed by atoms with van der Waals surface area (Å²) in [5.41, 5.74) is 1.22. The van der Waals surface area contributed by atoms with Crippen LogP contribution in [0.25, 0.3) is 0 Å². The van der Waals surface area contributed by atoms with E-state index < -0.39 is 5.97 Å². The van der Waals surface area contributed by atoms with Crippen LogP contribution >= 0.6 is 0 Å². The van der Waals surface area contributed by atoms with E-state index in [1.807, 2.05) is 24.3 Å². The van der Waals surface area contributed by atoms with Crippen molar-refractivity contribution in [3.63, 3.8) is 0 Å². The first-order valence-corrected chi connectivity index (χ1v) is 5.46. The summed E-state index contributed by atoms with van der Waals surface area (Å²) in [6, 6.07) is 7.91. The maximum absolute atomic E-state index is 10.4. The second kappa shape index (κ2) is 6.16. The van der Waals surface area contributed by atoms with Crippen molar-refractivity contribution in [3.05, 3.63) is 29.8 Å². The summed E-state index contributed by atoms with van der Waals surface area (Å²) in [6.45, 7) is 2.08. The molecule has 3 nitrogen and oxygen atoms in total. The van der Waals surface area contributed by atoms with Crippen LogP contribution in [0.5, 0.6) is 5.75 Å². The number of benzene rings is 1. The Morgan fingerprint density at radius 3 is 2.50 bits per heavy atom. The van der Waals surface area contributed by atoms with E-state index in [1.165, 1.54) is 5.56 Å². The number of ether oxygens (including phenoxy) is 1. The van der Waals surface area contributed by atoms with Crippen molar-refractivity contribution >= 4 is 5.97 Å². The predicted molar refractivity (Wildman–Crippen MR) is 62.7 cm³/mol. The Hall–Kier alpha value is -1.51. The molecule has 0 heterocycles. The lowest BCUT2D eigenvalue weighted by molar-refractivity contribution is -0.137. The van der Waals surface area contributed by atoms with Crippen LogP contribution < -0.4 is 4.74 Å². The Kier molecular flexibility index (Phi) is 4.83. The number of carboxylic acid groups (broad SMARTS) is 1. The molecule has 1 unspecified atom stereocenters. The topological polar surface area (TPSA) is 46.5 Å². The molecule has 1 aromatic rings. The lowest BCUT2D eigenvalue weighted by Gasteiger charge is -2.10. The lowest BCUT2D eigenvalue weighted by atomic mass is 9.97. The molecule has 0 saturated carbocycles. The van der Waals surface area contributed by atoms with E-state index in [-0.39, 0.29) is 6.42 Å². The number of aliphatic carboxylic acids is 1. The van der Waals surface area contributed by atoms with Crippen LogP contribution in [0.1, 0.15) is 25.3 Å². The van der Waals surface area contributed by atoms with Crippen LogP contribution in [0.15, 0.2) is 24.3 Å². The first-order chi connectivity index (χ1) is 7.61. The van der Waals surface area contributed by atoms with Crippen LogP contribution in [-0.4, -0.2) is 18.2 Å². The SMILES string of the molecule is COc1ccc(CC(C)CCC(=O)O)cc1. The Labute approximate surface area is 96.1 Å². The highest BCUT2D eigenvalue weighted by atomic mass is 16.5. The largest absolute Gasteiger partial charge is 0.497 e. The third-order valence-electron chi connectivity index (χ3n) is 2.59. The molecule has 1 rings (SSSR count). The molecule has 0 amide bonds. The monoisotopic (exact) mass is 222 g/mol. The number of methoxy groups -OCH3 is 1. The summed E-state index contributed by atoms with van der Waals surface area (Å²) in [5.74, 6) is 0.521. The fourth-order valence-electron chi connectivity index (χ4n) is 1.64. The van der Waals surface area contributed by atoms with Crippen molar-refractivity contribution in [1.29, 1.82) is 0 Å². The van der Waals surface area contributed by atoms with Gasteiger partial charge in [0.1, 0.15) is 5.75 Å². The summed E-state index contributed by atoms with van der Waals surface area (Å²) in [4.78, 5) is 10.4. The van der Waals surface area contributed by atoms with Gasteiger partial charge in [-0.3, -0.25) is 4.79 Å². The number of hydrogen-bond acceptors (Lipinski definition) is 2. The first kappa shape index (κ1) is 12.6.